The van der Waals surface area contributed by atoms with Gasteiger partial charge in [0.2, 0.25) is 11.8 Å². The van der Waals surface area contributed by atoms with Gasteiger partial charge in [0, 0.05) is 42.4 Å². The highest BCUT2D eigenvalue weighted by Crippen LogP contribution is 2.22. The van der Waals surface area contributed by atoms with Crippen molar-refractivity contribution >= 4 is 34.6 Å². The number of hydrogen-bond acceptors (Lipinski definition) is 8. The summed E-state index contributed by atoms with van der Waals surface area (Å²) in [4.78, 5) is 52.0. The number of nitrogens with zero attached hydrogens (tertiary/aromatic N) is 2. The number of methoxy groups -OCH3 is 1. The van der Waals surface area contributed by atoms with Crippen LogP contribution in [0.5, 0.6) is 5.75 Å². The molecule has 1 aliphatic heterocycles. The summed E-state index contributed by atoms with van der Waals surface area (Å²) in [6.07, 6.45) is -5.08. The maximum absolute atomic E-state index is 12.9. The maximum Gasteiger partial charge on any atom is 0.490 e. The molecular formula is C28H29F3N4O8. The summed E-state index contributed by atoms with van der Waals surface area (Å²) >= 11 is 0. The van der Waals surface area contributed by atoms with Crippen molar-refractivity contribution in [1.29, 1.82) is 0 Å². The van der Waals surface area contributed by atoms with E-state index in [2.05, 4.69) is 10.3 Å². The monoisotopic (exact) mass is 606 g/mol. The molecule has 0 bridgehead atoms. The van der Waals surface area contributed by atoms with Crippen LogP contribution in [0.1, 0.15) is 21.6 Å². The molecule has 1 fully saturated rings. The van der Waals surface area contributed by atoms with E-state index in [9.17, 15) is 27.6 Å². The van der Waals surface area contributed by atoms with Gasteiger partial charge in [-0.3, -0.25) is 24.6 Å². The third kappa shape index (κ3) is 8.86. The van der Waals surface area contributed by atoms with Gasteiger partial charge in [0.15, 0.2) is 0 Å². The van der Waals surface area contributed by atoms with Gasteiger partial charge in [-0.15, -0.1) is 0 Å². The molecule has 4 N–H and O–H groups in total. The summed E-state index contributed by atoms with van der Waals surface area (Å²) in [7, 11) is 1.40. The quantitative estimate of drug-likeness (QED) is 0.222. The van der Waals surface area contributed by atoms with E-state index >= 15 is 0 Å². The van der Waals surface area contributed by atoms with Gasteiger partial charge in [-0.05, 0) is 43.3 Å². The van der Waals surface area contributed by atoms with Crippen molar-refractivity contribution in [3.8, 4) is 5.75 Å². The van der Waals surface area contributed by atoms with E-state index < -0.39 is 35.9 Å². The average molecular weight is 607 g/mol. The van der Waals surface area contributed by atoms with Crippen LogP contribution >= 0.6 is 0 Å². The van der Waals surface area contributed by atoms with Crippen molar-refractivity contribution in [1.82, 2.24) is 20.7 Å². The van der Waals surface area contributed by atoms with Gasteiger partial charge in [0.25, 0.3) is 5.91 Å². The normalized spacial score (nSPS) is 16.2. The standard InChI is InChI=1S/C26H28N4O6.C2HF3O2/c1-16-11-18(20-5-3-4-6-22(20)27-16)14-36-19-9-7-17(8-10-19)25(32)28-23-13-30(24(31)15-35-2)12-21(23)26(33)29-34;3-2(4,5)1(6)7/h3-11,21,23,34H,12-15H2,1-2H3,(H,28,32)(H,29,33);(H,6,7)/t21-,23+;/m0./s1. The zero-order chi connectivity index (χ0) is 31.7. The fourth-order valence-electron chi connectivity index (χ4n) is 4.35. The number of para-hydroxylation sites is 1. The van der Waals surface area contributed by atoms with Crippen molar-refractivity contribution in [3.63, 3.8) is 0 Å². The van der Waals surface area contributed by atoms with Crippen molar-refractivity contribution in [3.05, 3.63) is 71.4 Å². The molecule has 4 rings (SSSR count). The lowest BCUT2D eigenvalue weighted by Crippen LogP contribution is -2.45. The van der Waals surface area contributed by atoms with Gasteiger partial charge in [-0.25, -0.2) is 10.3 Å². The van der Waals surface area contributed by atoms with Crippen molar-refractivity contribution < 1.29 is 52.1 Å². The molecular weight excluding hydrogens is 577 g/mol. The summed E-state index contributed by atoms with van der Waals surface area (Å²) in [6.45, 7) is 2.35. The topological polar surface area (TPSA) is 167 Å². The molecule has 0 spiro atoms. The third-order valence-corrected chi connectivity index (χ3v) is 6.39. The lowest BCUT2D eigenvalue weighted by Gasteiger charge is -2.18. The van der Waals surface area contributed by atoms with Crippen LogP contribution in [0, 0.1) is 12.8 Å². The fraction of sp³-hybridized carbons (Fsp3) is 0.321. The summed E-state index contributed by atoms with van der Waals surface area (Å²) < 4.78 is 42.6. The van der Waals surface area contributed by atoms with Gasteiger partial charge in [-0.1, -0.05) is 18.2 Å². The van der Waals surface area contributed by atoms with E-state index in [0.717, 1.165) is 22.2 Å². The zero-order valence-electron chi connectivity index (χ0n) is 23.1. The molecule has 2 aromatic carbocycles. The zero-order valence-corrected chi connectivity index (χ0v) is 23.1. The molecule has 2 atom stereocenters. The van der Waals surface area contributed by atoms with Crippen LogP contribution in [0.4, 0.5) is 13.2 Å². The largest absolute Gasteiger partial charge is 0.490 e. The maximum atomic E-state index is 12.9. The molecule has 0 aliphatic carbocycles. The molecule has 0 unspecified atom stereocenters. The smallest absolute Gasteiger partial charge is 0.489 e. The Kier molecular flexibility index (Phi) is 11.0. The van der Waals surface area contributed by atoms with E-state index in [1.54, 1.807) is 29.7 Å². The minimum absolute atomic E-state index is 0.0650. The second-order valence-corrected chi connectivity index (χ2v) is 9.45. The number of ether oxygens (including phenoxy) is 2. The second kappa shape index (κ2) is 14.4. The molecule has 0 saturated carbocycles. The van der Waals surface area contributed by atoms with Crippen LogP contribution in [0.2, 0.25) is 0 Å². The van der Waals surface area contributed by atoms with Crippen LogP contribution in [0.3, 0.4) is 0 Å². The predicted molar refractivity (Wildman–Crippen MR) is 144 cm³/mol. The number of halogens is 3. The Labute approximate surface area is 243 Å². The number of aryl methyl sites for hydroxylation is 1. The first-order valence-electron chi connectivity index (χ1n) is 12.7. The lowest BCUT2D eigenvalue weighted by atomic mass is 10.0. The number of nitrogens with one attached hydrogen (secondary N) is 2. The fourth-order valence-corrected chi connectivity index (χ4v) is 4.35. The molecule has 3 amide bonds. The van der Waals surface area contributed by atoms with Crippen LogP contribution in [-0.2, 0) is 25.7 Å². The molecule has 43 heavy (non-hydrogen) atoms. The minimum atomic E-state index is -5.08. The first-order chi connectivity index (χ1) is 20.3. The number of alkyl halides is 3. The first kappa shape index (κ1) is 32.8. The van der Waals surface area contributed by atoms with Crippen molar-refractivity contribution in [2.24, 2.45) is 5.92 Å². The van der Waals surface area contributed by atoms with Crippen molar-refractivity contribution in [2.75, 3.05) is 26.8 Å². The molecule has 12 nitrogen and oxygen atoms in total. The number of hydrogen-bond donors (Lipinski definition) is 4. The number of carboxylic acid groups (broad SMARTS) is 1. The van der Waals surface area contributed by atoms with E-state index in [1.165, 1.54) is 12.0 Å². The summed E-state index contributed by atoms with van der Waals surface area (Å²) in [5, 5.41) is 20.0. The van der Waals surface area contributed by atoms with E-state index in [1.807, 2.05) is 37.3 Å². The molecule has 1 aliphatic rings. The molecule has 15 heteroatoms. The third-order valence-electron chi connectivity index (χ3n) is 6.39. The highest BCUT2D eigenvalue weighted by Gasteiger charge is 2.40. The lowest BCUT2D eigenvalue weighted by molar-refractivity contribution is -0.192. The second-order valence-electron chi connectivity index (χ2n) is 9.45. The van der Waals surface area contributed by atoms with Gasteiger partial charge < -0.3 is 24.8 Å². The summed E-state index contributed by atoms with van der Waals surface area (Å²) in [5.41, 5.74) is 4.81. The summed E-state index contributed by atoms with van der Waals surface area (Å²) in [5.74, 6) is -4.33. The summed E-state index contributed by atoms with van der Waals surface area (Å²) in [6, 6.07) is 15.9. The van der Waals surface area contributed by atoms with E-state index in [-0.39, 0.29) is 25.6 Å². The van der Waals surface area contributed by atoms with E-state index in [0.29, 0.717) is 17.9 Å². The van der Waals surface area contributed by atoms with Crippen molar-refractivity contribution in [2.45, 2.75) is 25.7 Å². The number of aromatic nitrogens is 1. The molecule has 2 heterocycles. The first-order valence-corrected chi connectivity index (χ1v) is 12.7. The van der Waals surface area contributed by atoms with Crippen LogP contribution in [-0.4, -0.2) is 82.9 Å². The number of hydroxylamine groups is 1. The predicted octanol–water partition coefficient (Wildman–Crippen LogP) is 2.46. The number of benzene rings is 2. The molecule has 230 valence electrons. The van der Waals surface area contributed by atoms with Crippen LogP contribution in [0.15, 0.2) is 54.6 Å². The Hall–Kier alpha value is -4.76. The SMILES string of the molecule is COCC(=O)N1C[C@H](C(=O)NO)[C@H](NC(=O)c2ccc(OCc3cc(C)nc4ccccc34)cc2)C1.O=C(O)C(F)(F)F. The van der Waals surface area contributed by atoms with Gasteiger partial charge in [-0.2, -0.15) is 13.2 Å². The number of fused-ring (bicyclic) bond motifs is 1. The van der Waals surface area contributed by atoms with Crippen LogP contribution in [0.25, 0.3) is 10.9 Å². The average Bonchev–Trinajstić information content (AvgIpc) is 3.39. The number of carbonyl (C=O) groups is 4. The number of carboxylic acids is 1. The molecule has 1 saturated heterocycles. The van der Waals surface area contributed by atoms with Gasteiger partial charge >= 0.3 is 12.1 Å². The molecule has 0 radical (unpaired) electrons. The number of carbonyl (C=O) groups excluding carboxylic acids is 3. The Morgan fingerprint density at radius 2 is 1.72 bits per heavy atom. The highest BCUT2D eigenvalue weighted by atomic mass is 19.4. The number of amides is 3. The van der Waals surface area contributed by atoms with E-state index in [4.69, 9.17) is 24.6 Å². The Bertz CT molecular complexity index is 1470. The Morgan fingerprint density at radius 3 is 2.33 bits per heavy atom. The number of rotatable bonds is 8. The Balaban J connectivity index is 0.000000646. The van der Waals surface area contributed by atoms with Crippen LogP contribution < -0.4 is 15.5 Å². The van der Waals surface area contributed by atoms with Gasteiger partial charge in [0.1, 0.15) is 19.0 Å². The highest BCUT2D eigenvalue weighted by molar-refractivity contribution is 5.95. The Morgan fingerprint density at radius 1 is 1.07 bits per heavy atom. The molecule has 1 aromatic heterocycles. The minimum Gasteiger partial charge on any atom is -0.489 e. The number of likely N-dealkylation sites (tertiary alicyclic amines) is 1. The number of aliphatic carboxylic acids is 1. The number of pyridine rings is 1. The van der Waals surface area contributed by atoms with Gasteiger partial charge in [0.05, 0.1) is 17.5 Å². The molecule has 3 aromatic rings.